The molecule has 0 radical (unpaired) electrons. The van der Waals surface area contributed by atoms with Gasteiger partial charge in [-0.05, 0) is 34.0 Å². The number of nitro benzene ring substituents is 1. The minimum absolute atomic E-state index is 0.0442. The SMILES string of the molecule is O=CCc1ccc(-c2ccsc2)c([N+](=O)[O-])c1. The van der Waals surface area contributed by atoms with Gasteiger partial charge < -0.3 is 4.79 Å². The summed E-state index contributed by atoms with van der Waals surface area (Å²) in [5, 5.41) is 14.7. The summed E-state index contributed by atoms with van der Waals surface area (Å²) in [5.41, 5.74) is 2.12. The van der Waals surface area contributed by atoms with Crippen LogP contribution < -0.4 is 0 Å². The molecule has 0 atom stereocenters. The lowest BCUT2D eigenvalue weighted by molar-refractivity contribution is -0.384. The van der Waals surface area contributed by atoms with Crippen molar-refractivity contribution in [3.05, 3.63) is 50.7 Å². The molecule has 0 fully saturated rings. The second-order valence-electron chi connectivity index (χ2n) is 3.49. The lowest BCUT2D eigenvalue weighted by Gasteiger charge is -2.02. The van der Waals surface area contributed by atoms with Crippen LogP contribution in [-0.2, 0) is 11.2 Å². The molecule has 2 aromatic rings. The summed E-state index contributed by atoms with van der Waals surface area (Å²) >= 11 is 1.49. The highest BCUT2D eigenvalue weighted by atomic mass is 32.1. The Hall–Kier alpha value is -2.01. The molecule has 0 aliphatic carbocycles. The molecule has 5 heteroatoms. The molecule has 1 aromatic carbocycles. The first kappa shape index (κ1) is 11.5. The molecule has 0 aliphatic rings. The average Bonchev–Trinajstić information content (AvgIpc) is 2.82. The number of aldehydes is 1. The number of nitro groups is 1. The van der Waals surface area contributed by atoms with Gasteiger partial charge in [-0.1, -0.05) is 6.07 Å². The van der Waals surface area contributed by atoms with Crippen LogP contribution in [0, 0.1) is 10.1 Å². The minimum atomic E-state index is -0.415. The van der Waals surface area contributed by atoms with Gasteiger partial charge in [-0.3, -0.25) is 10.1 Å². The zero-order valence-corrected chi connectivity index (χ0v) is 9.65. The van der Waals surface area contributed by atoms with E-state index in [1.165, 1.54) is 17.4 Å². The van der Waals surface area contributed by atoms with Crippen molar-refractivity contribution in [2.45, 2.75) is 6.42 Å². The number of nitrogens with zero attached hydrogens (tertiary/aromatic N) is 1. The van der Waals surface area contributed by atoms with Crippen LogP contribution in [0.5, 0.6) is 0 Å². The number of hydrogen-bond acceptors (Lipinski definition) is 4. The van der Waals surface area contributed by atoms with Gasteiger partial charge in [-0.25, -0.2) is 0 Å². The molecule has 0 spiro atoms. The highest BCUT2D eigenvalue weighted by molar-refractivity contribution is 7.08. The van der Waals surface area contributed by atoms with Crippen molar-refractivity contribution in [1.29, 1.82) is 0 Å². The van der Waals surface area contributed by atoms with Crippen LogP contribution in [-0.4, -0.2) is 11.2 Å². The maximum Gasteiger partial charge on any atom is 0.277 e. The summed E-state index contributed by atoms with van der Waals surface area (Å²) in [7, 11) is 0. The molecule has 0 bridgehead atoms. The predicted octanol–water partition coefficient (Wildman–Crippen LogP) is 3.06. The molecule has 1 heterocycles. The first-order chi connectivity index (χ1) is 8.22. The third kappa shape index (κ3) is 2.39. The van der Waals surface area contributed by atoms with Gasteiger partial charge in [0.25, 0.3) is 5.69 Å². The van der Waals surface area contributed by atoms with Gasteiger partial charge in [0.1, 0.15) is 6.29 Å². The highest BCUT2D eigenvalue weighted by Crippen LogP contribution is 2.32. The fourth-order valence-corrected chi connectivity index (χ4v) is 2.27. The third-order valence-corrected chi connectivity index (χ3v) is 3.09. The molecule has 2 rings (SSSR count). The van der Waals surface area contributed by atoms with Crippen molar-refractivity contribution in [1.82, 2.24) is 0 Å². The summed E-state index contributed by atoms with van der Waals surface area (Å²) in [4.78, 5) is 21.0. The lowest BCUT2D eigenvalue weighted by atomic mass is 10.0. The van der Waals surface area contributed by atoms with Gasteiger partial charge in [0.05, 0.1) is 10.5 Å². The zero-order valence-electron chi connectivity index (χ0n) is 8.83. The van der Waals surface area contributed by atoms with Gasteiger partial charge in [-0.2, -0.15) is 11.3 Å². The van der Waals surface area contributed by atoms with E-state index in [2.05, 4.69) is 0 Å². The fourth-order valence-electron chi connectivity index (χ4n) is 1.61. The normalized spacial score (nSPS) is 10.1. The summed E-state index contributed by atoms with van der Waals surface area (Å²) in [6.07, 6.45) is 0.939. The van der Waals surface area contributed by atoms with Crippen LogP contribution in [0.15, 0.2) is 35.0 Å². The van der Waals surface area contributed by atoms with E-state index in [9.17, 15) is 14.9 Å². The van der Waals surface area contributed by atoms with Crippen molar-refractivity contribution < 1.29 is 9.72 Å². The Bertz CT molecular complexity index is 549. The van der Waals surface area contributed by atoms with E-state index in [1.54, 1.807) is 12.1 Å². The minimum Gasteiger partial charge on any atom is -0.303 e. The van der Waals surface area contributed by atoms with Gasteiger partial charge in [0.15, 0.2) is 0 Å². The Labute approximate surface area is 102 Å². The maximum atomic E-state index is 11.0. The van der Waals surface area contributed by atoms with E-state index in [0.29, 0.717) is 11.1 Å². The molecule has 86 valence electrons. The van der Waals surface area contributed by atoms with Crippen LogP contribution in [0.4, 0.5) is 5.69 Å². The number of benzene rings is 1. The van der Waals surface area contributed by atoms with Crippen molar-refractivity contribution >= 4 is 23.3 Å². The topological polar surface area (TPSA) is 60.2 Å². The molecular weight excluding hydrogens is 238 g/mol. The van der Waals surface area contributed by atoms with Crippen molar-refractivity contribution in [2.75, 3.05) is 0 Å². The van der Waals surface area contributed by atoms with E-state index in [-0.39, 0.29) is 12.1 Å². The van der Waals surface area contributed by atoms with Crippen molar-refractivity contribution in [2.24, 2.45) is 0 Å². The van der Waals surface area contributed by atoms with E-state index in [4.69, 9.17) is 0 Å². The number of hydrogen-bond donors (Lipinski definition) is 0. The quantitative estimate of drug-likeness (QED) is 0.474. The summed E-state index contributed by atoms with van der Waals surface area (Å²) in [6.45, 7) is 0. The first-order valence-electron chi connectivity index (χ1n) is 4.96. The largest absolute Gasteiger partial charge is 0.303 e. The second kappa shape index (κ2) is 4.88. The van der Waals surface area contributed by atoms with E-state index in [0.717, 1.165) is 11.8 Å². The standard InChI is InChI=1S/C12H9NO3S/c14-5-3-9-1-2-11(10-4-6-17-8-10)12(7-9)13(15)16/h1-2,4-8H,3H2. The Morgan fingerprint density at radius 2 is 2.18 bits per heavy atom. The molecule has 4 nitrogen and oxygen atoms in total. The van der Waals surface area contributed by atoms with Gasteiger partial charge in [0.2, 0.25) is 0 Å². The maximum absolute atomic E-state index is 11.0. The van der Waals surface area contributed by atoms with Gasteiger partial charge in [0, 0.05) is 12.5 Å². The summed E-state index contributed by atoms with van der Waals surface area (Å²) in [6, 6.07) is 6.74. The first-order valence-corrected chi connectivity index (χ1v) is 5.90. The molecule has 0 saturated heterocycles. The summed E-state index contributed by atoms with van der Waals surface area (Å²) in [5.74, 6) is 0. The van der Waals surface area contributed by atoms with Crippen LogP contribution in [0.2, 0.25) is 0 Å². The average molecular weight is 247 g/mol. The molecule has 0 saturated carbocycles. The monoisotopic (exact) mass is 247 g/mol. The molecular formula is C12H9NO3S. The van der Waals surface area contributed by atoms with Crippen molar-refractivity contribution in [3.8, 4) is 11.1 Å². The Balaban J connectivity index is 2.52. The Morgan fingerprint density at radius 1 is 1.35 bits per heavy atom. The number of carbonyl (C=O) groups is 1. The Morgan fingerprint density at radius 3 is 2.76 bits per heavy atom. The third-order valence-electron chi connectivity index (χ3n) is 2.41. The molecule has 17 heavy (non-hydrogen) atoms. The van der Waals surface area contributed by atoms with Crippen LogP contribution >= 0.6 is 11.3 Å². The molecule has 0 aliphatic heterocycles. The van der Waals surface area contributed by atoms with Gasteiger partial charge in [-0.15, -0.1) is 0 Å². The zero-order chi connectivity index (χ0) is 12.3. The van der Waals surface area contributed by atoms with E-state index in [1.807, 2.05) is 16.8 Å². The number of rotatable bonds is 4. The van der Waals surface area contributed by atoms with Crippen LogP contribution in [0.25, 0.3) is 11.1 Å². The summed E-state index contributed by atoms with van der Waals surface area (Å²) < 4.78 is 0. The molecule has 1 aromatic heterocycles. The van der Waals surface area contributed by atoms with Gasteiger partial charge >= 0.3 is 0 Å². The molecule has 0 unspecified atom stereocenters. The molecule has 0 N–H and O–H groups in total. The number of carbonyl (C=O) groups excluding carboxylic acids is 1. The smallest absolute Gasteiger partial charge is 0.277 e. The highest BCUT2D eigenvalue weighted by Gasteiger charge is 2.16. The number of thiophene rings is 1. The van der Waals surface area contributed by atoms with E-state index >= 15 is 0 Å². The Kier molecular flexibility index (Phi) is 3.30. The predicted molar refractivity (Wildman–Crippen MR) is 66.2 cm³/mol. The molecule has 0 amide bonds. The van der Waals surface area contributed by atoms with Crippen LogP contribution in [0.1, 0.15) is 5.56 Å². The fraction of sp³-hybridized carbons (Fsp3) is 0.0833. The van der Waals surface area contributed by atoms with Crippen molar-refractivity contribution in [3.63, 3.8) is 0 Å². The second-order valence-corrected chi connectivity index (χ2v) is 4.27. The lowest BCUT2D eigenvalue weighted by Crippen LogP contribution is -1.94. The van der Waals surface area contributed by atoms with Crippen LogP contribution in [0.3, 0.4) is 0 Å². The van der Waals surface area contributed by atoms with E-state index < -0.39 is 4.92 Å².